The lowest BCUT2D eigenvalue weighted by Gasteiger charge is -2.14. The van der Waals surface area contributed by atoms with Crippen molar-refractivity contribution in [2.24, 2.45) is 10.8 Å². The summed E-state index contributed by atoms with van der Waals surface area (Å²) in [5.41, 5.74) is 18.5. The Morgan fingerprint density at radius 2 is 1.74 bits per heavy atom. The average Bonchev–Trinajstić information content (AvgIpc) is 2.87. The standard InChI is InChI=1S/C17H16N4O2/c18-16(20-21-19)9-17(22)23-10-15-13-7-3-1-5-11(13)12-6-2-4-8-14(12)15/h1-8,15-16H,9-10,18H2. The van der Waals surface area contributed by atoms with Crippen molar-refractivity contribution in [3.05, 3.63) is 70.1 Å². The zero-order chi connectivity index (χ0) is 16.2. The van der Waals surface area contributed by atoms with Crippen LogP contribution in [-0.4, -0.2) is 18.7 Å². The van der Waals surface area contributed by atoms with E-state index in [1.54, 1.807) is 0 Å². The molecule has 1 atom stereocenters. The van der Waals surface area contributed by atoms with E-state index in [-0.39, 0.29) is 18.9 Å². The first-order chi connectivity index (χ1) is 11.2. The van der Waals surface area contributed by atoms with E-state index in [0.29, 0.717) is 0 Å². The molecule has 2 aromatic carbocycles. The highest BCUT2D eigenvalue weighted by atomic mass is 16.5. The number of carbonyl (C=O) groups excluding carboxylic acids is 1. The van der Waals surface area contributed by atoms with Crippen molar-refractivity contribution >= 4 is 5.97 Å². The number of nitrogens with two attached hydrogens (primary N) is 1. The second kappa shape index (κ2) is 6.52. The quantitative estimate of drug-likeness (QED) is 0.396. The number of rotatable bonds is 5. The van der Waals surface area contributed by atoms with E-state index in [0.717, 1.165) is 11.1 Å². The van der Waals surface area contributed by atoms with Gasteiger partial charge in [0.2, 0.25) is 0 Å². The lowest BCUT2D eigenvalue weighted by molar-refractivity contribution is -0.144. The van der Waals surface area contributed by atoms with E-state index in [2.05, 4.69) is 34.3 Å². The summed E-state index contributed by atoms with van der Waals surface area (Å²) in [6, 6.07) is 16.2. The van der Waals surface area contributed by atoms with Gasteiger partial charge in [0.15, 0.2) is 0 Å². The van der Waals surface area contributed by atoms with Crippen LogP contribution < -0.4 is 5.73 Å². The largest absolute Gasteiger partial charge is 0.465 e. The topological polar surface area (TPSA) is 101 Å². The zero-order valence-electron chi connectivity index (χ0n) is 12.4. The van der Waals surface area contributed by atoms with Gasteiger partial charge in [0.1, 0.15) is 6.61 Å². The Bertz CT molecular complexity index is 738. The van der Waals surface area contributed by atoms with Crippen LogP contribution in [0.5, 0.6) is 0 Å². The van der Waals surface area contributed by atoms with Crippen LogP contribution >= 0.6 is 0 Å². The van der Waals surface area contributed by atoms with Crippen LogP contribution in [0.3, 0.4) is 0 Å². The minimum Gasteiger partial charge on any atom is -0.465 e. The van der Waals surface area contributed by atoms with Gasteiger partial charge in [-0.1, -0.05) is 53.6 Å². The number of esters is 1. The fraction of sp³-hybridized carbons (Fsp3) is 0.235. The molecular weight excluding hydrogens is 292 g/mol. The SMILES string of the molecule is [N-]=[N+]=NC(N)CC(=O)OCC1c2ccccc2-c2ccccc21. The monoisotopic (exact) mass is 308 g/mol. The summed E-state index contributed by atoms with van der Waals surface area (Å²) in [5, 5.41) is 3.27. The predicted molar refractivity (Wildman–Crippen MR) is 86.4 cm³/mol. The minimum atomic E-state index is -0.893. The van der Waals surface area contributed by atoms with E-state index in [4.69, 9.17) is 16.0 Å². The maximum atomic E-state index is 11.8. The third-order valence-electron chi connectivity index (χ3n) is 3.95. The Balaban J connectivity index is 1.76. The van der Waals surface area contributed by atoms with E-state index in [1.165, 1.54) is 11.1 Å². The number of benzene rings is 2. The van der Waals surface area contributed by atoms with Gasteiger partial charge in [-0.2, -0.15) is 0 Å². The number of hydrogen-bond donors (Lipinski definition) is 1. The summed E-state index contributed by atoms with van der Waals surface area (Å²) in [6.45, 7) is 0.246. The molecule has 0 saturated heterocycles. The summed E-state index contributed by atoms with van der Waals surface area (Å²) >= 11 is 0. The third kappa shape index (κ3) is 3.04. The Hall–Kier alpha value is -2.82. The van der Waals surface area contributed by atoms with E-state index >= 15 is 0 Å². The van der Waals surface area contributed by atoms with E-state index < -0.39 is 12.1 Å². The lowest BCUT2D eigenvalue weighted by Crippen LogP contribution is -2.23. The fourth-order valence-electron chi connectivity index (χ4n) is 2.95. The van der Waals surface area contributed by atoms with Crippen LogP contribution in [0.25, 0.3) is 21.6 Å². The minimum absolute atomic E-state index is 0.0158. The number of azide groups is 1. The van der Waals surface area contributed by atoms with Gasteiger partial charge in [0, 0.05) is 10.8 Å². The molecule has 0 amide bonds. The second-order valence-corrected chi connectivity index (χ2v) is 5.39. The Labute approximate surface area is 133 Å². The smallest absolute Gasteiger partial charge is 0.307 e. The number of ether oxygens (including phenoxy) is 1. The molecule has 3 rings (SSSR count). The first kappa shape index (κ1) is 15.1. The summed E-state index contributed by atoms with van der Waals surface area (Å²) in [5.74, 6) is -0.450. The van der Waals surface area contributed by atoms with Gasteiger partial charge >= 0.3 is 5.97 Å². The zero-order valence-corrected chi connectivity index (χ0v) is 12.4. The van der Waals surface area contributed by atoms with E-state index in [9.17, 15) is 4.79 Å². The highest BCUT2D eigenvalue weighted by molar-refractivity contribution is 5.79. The van der Waals surface area contributed by atoms with Gasteiger partial charge in [-0.3, -0.25) is 4.79 Å². The summed E-state index contributed by atoms with van der Waals surface area (Å²) in [4.78, 5) is 14.4. The normalized spacial score (nSPS) is 13.6. The molecule has 0 fully saturated rings. The van der Waals surface area contributed by atoms with Crippen molar-refractivity contribution in [2.45, 2.75) is 18.5 Å². The molecule has 6 nitrogen and oxygen atoms in total. The predicted octanol–water partition coefficient (Wildman–Crippen LogP) is 3.33. The van der Waals surface area contributed by atoms with Gasteiger partial charge in [0.05, 0.1) is 12.6 Å². The molecule has 0 radical (unpaired) electrons. The van der Waals surface area contributed by atoms with Crippen LogP contribution in [0, 0.1) is 0 Å². The van der Waals surface area contributed by atoms with Crippen molar-refractivity contribution in [3.63, 3.8) is 0 Å². The molecule has 0 aromatic heterocycles. The van der Waals surface area contributed by atoms with Gasteiger partial charge in [-0.25, -0.2) is 0 Å². The first-order valence-electron chi connectivity index (χ1n) is 7.34. The molecule has 0 saturated carbocycles. The molecule has 0 heterocycles. The molecule has 1 unspecified atom stereocenters. The highest BCUT2D eigenvalue weighted by Crippen LogP contribution is 2.44. The maximum Gasteiger partial charge on any atom is 0.307 e. The second-order valence-electron chi connectivity index (χ2n) is 5.39. The molecule has 2 aromatic rings. The molecule has 0 aliphatic heterocycles. The molecule has 1 aliphatic rings. The van der Waals surface area contributed by atoms with E-state index in [1.807, 2.05) is 24.3 Å². The van der Waals surface area contributed by atoms with Gasteiger partial charge in [0.25, 0.3) is 0 Å². The molecular formula is C17H16N4O2. The summed E-state index contributed by atoms with van der Waals surface area (Å²) in [7, 11) is 0. The van der Waals surface area contributed by atoms with Crippen LogP contribution in [0.1, 0.15) is 23.5 Å². The molecule has 1 aliphatic carbocycles. The van der Waals surface area contributed by atoms with Gasteiger partial charge in [-0.15, -0.1) is 0 Å². The molecule has 0 spiro atoms. The molecule has 116 valence electrons. The fourth-order valence-corrected chi connectivity index (χ4v) is 2.95. The third-order valence-corrected chi connectivity index (χ3v) is 3.95. The Kier molecular flexibility index (Phi) is 4.28. The maximum absolute atomic E-state index is 11.8. The van der Waals surface area contributed by atoms with Crippen molar-refractivity contribution in [2.75, 3.05) is 6.61 Å². The van der Waals surface area contributed by atoms with Crippen molar-refractivity contribution in [1.29, 1.82) is 0 Å². The van der Waals surface area contributed by atoms with Crippen LogP contribution in [-0.2, 0) is 9.53 Å². The van der Waals surface area contributed by atoms with Crippen LogP contribution in [0.4, 0.5) is 0 Å². The molecule has 23 heavy (non-hydrogen) atoms. The first-order valence-corrected chi connectivity index (χ1v) is 7.34. The molecule has 0 bridgehead atoms. The number of fused-ring (bicyclic) bond motifs is 3. The Morgan fingerprint density at radius 3 is 2.30 bits per heavy atom. The molecule has 6 heteroatoms. The highest BCUT2D eigenvalue weighted by Gasteiger charge is 2.29. The lowest BCUT2D eigenvalue weighted by atomic mass is 9.98. The van der Waals surface area contributed by atoms with Gasteiger partial charge < -0.3 is 10.5 Å². The Morgan fingerprint density at radius 1 is 1.17 bits per heavy atom. The van der Waals surface area contributed by atoms with Crippen molar-refractivity contribution < 1.29 is 9.53 Å². The number of nitrogens with zero attached hydrogens (tertiary/aromatic N) is 3. The number of carbonyl (C=O) groups is 1. The summed E-state index contributed by atoms with van der Waals surface area (Å²) < 4.78 is 5.35. The van der Waals surface area contributed by atoms with Gasteiger partial charge in [-0.05, 0) is 27.8 Å². The summed E-state index contributed by atoms with van der Waals surface area (Å²) in [6.07, 6.45) is -1.02. The van der Waals surface area contributed by atoms with Crippen LogP contribution in [0.15, 0.2) is 53.6 Å². The average molecular weight is 308 g/mol. The van der Waals surface area contributed by atoms with Crippen LogP contribution in [0.2, 0.25) is 0 Å². The molecule has 2 N–H and O–H groups in total. The van der Waals surface area contributed by atoms with Crippen molar-refractivity contribution in [1.82, 2.24) is 0 Å². The number of hydrogen-bond acceptors (Lipinski definition) is 4. The van der Waals surface area contributed by atoms with Crippen molar-refractivity contribution in [3.8, 4) is 11.1 Å².